The van der Waals surface area contributed by atoms with Gasteiger partial charge in [0.15, 0.2) is 0 Å². The van der Waals surface area contributed by atoms with E-state index in [4.69, 9.17) is 5.11 Å². The van der Waals surface area contributed by atoms with Crippen molar-refractivity contribution in [2.75, 3.05) is 19.6 Å². The lowest BCUT2D eigenvalue weighted by Gasteiger charge is -2.17. The first-order chi connectivity index (χ1) is 9.66. The van der Waals surface area contributed by atoms with Crippen LogP contribution in [-0.2, 0) is 4.79 Å². The summed E-state index contributed by atoms with van der Waals surface area (Å²) in [7, 11) is 0. The topological polar surface area (TPSA) is 69.6 Å². The van der Waals surface area contributed by atoms with Crippen LogP contribution in [0.1, 0.15) is 18.4 Å². The highest BCUT2D eigenvalue weighted by atomic mass is 16.4. The summed E-state index contributed by atoms with van der Waals surface area (Å²) in [6, 6.07) is 9.83. The van der Waals surface area contributed by atoms with Crippen LogP contribution in [0.5, 0.6) is 0 Å². The number of benzene rings is 1. The van der Waals surface area contributed by atoms with Crippen molar-refractivity contribution in [3.63, 3.8) is 0 Å². The zero-order chi connectivity index (χ0) is 14.4. The second-order valence-corrected chi connectivity index (χ2v) is 4.71. The van der Waals surface area contributed by atoms with Crippen molar-refractivity contribution in [1.29, 1.82) is 0 Å². The number of nitrogens with one attached hydrogen (secondary N) is 1. The number of amides is 2. The van der Waals surface area contributed by atoms with E-state index < -0.39 is 5.97 Å². The normalized spacial score (nSPS) is 14.0. The molecule has 0 saturated carbocycles. The van der Waals surface area contributed by atoms with Gasteiger partial charge in [0, 0.05) is 26.1 Å². The molecule has 0 aliphatic carbocycles. The fourth-order valence-corrected chi connectivity index (χ4v) is 2.12. The molecule has 5 heteroatoms. The molecule has 1 aromatic carbocycles. The molecule has 5 nitrogen and oxygen atoms in total. The Bertz CT molecular complexity index is 511. The molecule has 2 rings (SSSR count). The number of urea groups is 1. The Kier molecular flexibility index (Phi) is 4.76. The average molecular weight is 274 g/mol. The zero-order valence-corrected chi connectivity index (χ0v) is 11.2. The SMILES string of the molecule is O=C(O)CCCNC(=O)N1CC=C(c2ccccc2)C1. The number of rotatable bonds is 5. The van der Waals surface area contributed by atoms with Gasteiger partial charge >= 0.3 is 12.0 Å². The summed E-state index contributed by atoms with van der Waals surface area (Å²) in [4.78, 5) is 24.0. The van der Waals surface area contributed by atoms with E-state index >= 15 is 0 Å². The Hall–Kier alpha value is -2.30. The molecule has 2 N–H and O–H groups in total. The van der Waals surface area contributed by atoms with Crippen LogP contribution in [0.2, 0.25) is 0 Å². The van der Waals surface area contributed by atoms with Crippen molar-refractivity contribution >= 4 is 17.6 Å². The highest BCUT2D eigenvalue weighted by molar-refractivity contribution is 5.80. The molecule has 0 atom stereocenters. The molecule has 0 unspecified atom stereocenters. The minimum absolute atomic E-state index is 0.0772. The van der Waals surface area contributed by atoms with Crippen LogP contribution in [0.15, 0.2) is 36.4 Å². The van der Waals surface area contributed by atoms with Gasteiger partial charge in [-0.05, 0) is 17.6 Å². The van der Waals surface area contributed by atoms with E-state index in [0.717, 1.165) is 11.1 Å². The molecule has 0 spiro atoms. The van der Waals surface area contributed by atoms with Crippen molar-refractivity contribution in [2.45, 2.75) is 12.8 Å². The standard InChI is InChI=1S/C15H18N2O3/c18-14(19)7-4-9-16-15(20)17-10-8-13(11-17)12-5-2-1-3-6-12/h1-3,5-6,8H,4,7,9-11H2,(H,16,20)(H,18,19). The minimum atomic E-state index is -0.839. The van der Waals surface area contributed by atoms with Gasteiger partial charge in [-0.3, -0.25) is 4.79 Å². The summed E-state index contributed by atoms with van der Waals surface area (Å²) in [5.41, 5.74) is 2.28. The molecule has 0 bridgehead atoms. The number of carboxylic acids is 1. The number of aliphatic carboxylic acids is 1. The predicted molar refractivity (Wildman–Crippen MR) is 76.3 cm³/mol. The van der Waals surface area contributed by atoms with E-state index in [0.29, 0.717) is 26.1 Å². The van der Waals surface area contributed by atoms with Gasteiger partial charge in [-0.15, -0.1) is 0 Å². The molecule has 106 valence electrons. The van der Waals surface area contributed by atoms with Crippen LogP contribution in [0.4, 0.5) is 4.79 Å². The first-order valence-corrected chi connectivity index (χ1v) is 6.66. The number of carbonyl (C=O) groups is 2. The number of carboxylic acid groups (broad SMARTS) is 1. The molecule has 0 aromatic heterocycles. The van der Waals surface area contributed by atoms with E-state index in [2.05, 4.69) is 5.32 Å². The minimum Gasteiger partial charge on any atom is -0.481 e. The Balaban J connectivity index is 1.77. The van der Waals surface area contributed by atoms with Gasteiger partial charge in [-0.2, -0.15) is 0 Å². The third kappa shape index (κ3) is 3.85. The van der Waals surface area contributed by atoms with Crippen molar-refractivity contribution in [1.82, 2.24) is 10.2 Å². The van der Waals surface area contributed by atoms with Crippen LogP contribution in [0, 0.1) is 0 Å². The summed E-state index contributed by atoms with van der Waals surface area (Å²) in [5, 5.41) is 11.3. The second kappa shape index (κ2) is 6.75. The van der Waals surface area contributed by atoms with Gasteiger partial charge in [0.1, 0.15) is 0 Å². The Morgan fingerprint density at radius 3 is 2.70 bits per heavy atom. The van der Waals surface area contributed by atoms with Crippen LogP contribution in [0.3, 0.4) is 0 Å². The Morgan fingerprint density at radius 2 is 2.00 bits per heavy atom. The fourth-order valence-electron chi connectivity index (χ4n) is 2.12. The molecule has 1 aromatic rings. The van der Waals surface area contributed by atoms with E-state index in [1.807, 2.05) is 36.4 Å². The Morgan fingerprint density at radius 1 is 1.25 bits per heavy atom. The van der Waals surface area contributed by atoms with Crippen LogP contribution in [-0.4, -0.2) is 41.6 Å². The van der Waals surface area contributed by atoms with E-state index in [9.17, 15) is 9.59 Å². The summed E-state index contributed by atoms with van der Waals surface area (Å²) >= 11 is 0. The predicted octanol–water partition coefficient (Wildman–Crippen LogP) is 1.96. The van der Waals surface area contributed by atoms with Crippen molar-refractivity contribution < 1.29 is 14.7 Å². The third-order valence-corrected chi connectivity index (χ3v) is 3.19. The molecule has 0 radical (unpaired) electrons. The highest BCUT2D eigenvalue weighted by Gasteiger charge is 2.19. The summed E-state index contributed by atoms with van der Waals surface area (Å²) in [6.45, 7) is 1.58. The average Bonchev–Trinajstić information content (AvgIpc) is 2.94. The van der Waals surface area contributed by atoms with Gasteiger partial charge < -0.3 is 15.3 Å². The second-order valence-electron chi connectivity index (χ2n) is 4.71. The van der Waals surface area contributed by atoms with E-state index in [1.54, 1.807) is 4.90 Å². The van der Waals surface area contributed by atoms with Crippen LogP contribution in [0.25, 0.3) is 5.57 Å². The monoisotopic (exact) mass is 274 g/mol. The van der Waals surface area contributed by atoms with Crippen molar-refractivity contribution in [3.8, 4) is 0 Å². The van der Waals surface area contributed by atoms with Gasteiger partial charge in [0.05, 0.1) is 0 Å². The van der Waals surface area contributed by atoms with E-state index in [-0.39, 0.29) is 12.5 Å². The molecule has 2 amide bonds. The summed E-state index contributed by atoms with van der Waals surface area (Å²) in [5.74, 6) is -0.839. The smallest absolute Gasteiger partial charge is 0.317 e. The molecule has 0 saturated heterocycles. The van der Waals surface area contributed by atoms with Gasteiger partial charge in [0.2, 0.25) is 0 Å². The van der Waals surface area contributed by atoms with Gasteiger partial charge in [0.25, 0.3) is 0 Å². The Labute approximate surface area is 117 Å². The maximum absolute atomic E-state index is 11.9. The molecular formula is C15H18N2O3. The van der Waals surface area contributed by atoms with Gasteiger partial charge in [-0.1, -0.05) is 36.4 Å². The molecule has 1 heterocycles. The maximum Gasteiger partial charge on any atom is 0.317 e. The zero-order valence-electron chi connectivity index (χ0n) is 11.2. The van der Waals surface area contributed by atoms with Crippen molar-refractivity contribution in [3.05, 3.63) is 42.0 Å². The number of hydrogen-bond acceptors (Lipinski definition) is 2. The lowest BCUT2D eigenvalue weighted by atomic mass is 10.1. The molecular weight excluding hydrogens is 256 g/mol. The third-order valence-electron chi connectivity index (χ3n) is 3.19. The molecule has 1 aliphatic rings. The van der Waals surface area contributed by atoms with Crippen LogP contribution < -0.4 is 5.32 Å². The largest absolute Gasteiger partial charge is 0.481 e. The molecule has 0 fully saturated rings. The lowest BCUT2D eigenvalue weighted by Crippen LogP contribution is -2.39. The number of carbonyl (C=O) groups excluding carboxylic acids is 1. The fraction of sp³-hybridized carbons (Fsp3) is 0.333. The van der Waals surface area contributed by atoms with Crippen LogP contribution >= 0.6 is 0 Å². The lowest BCUT2D eigenvalue weighted by molar-refractivity contribution is -0.137. The summed E-state index contributed by atoms with van der Waals surface area (Å²) in [6.07, 6.45) is 2.58. The van der Waals surface area contributed by atoms with Crippen molar-refractivity contribution in [2.24, 2.45) is 0 Å². The van der Waals surface area contributed by atoms with E-state index in [1.165, 1.54) is 0 Å². The number of nitrogens with zero attached hydrogens (tertiary/aromatic N) is 1. The first-order valence-electron chi connectivity index (χ1n) is 6.66. The summed E-state index contributed by atoms with van der Waals surface area (Å²) < 4.78 is 0. The quantitative estimate of drug-likeness (QED) is 0.806. The maximum atomic E-state index is 11.9. The molecule has 20 heavy (non-hydrogen) atoms. The highest BCUT2D eigenvalue weighted by Crippen LogP contribution is 2.20. The molecule has 1 aliphatic heterocycles. The number of hydrogen-bond donors (Lipinski definition) is 2. The van der Waals surface area contributed by atoms with Gasteiger partial charge in [-0.25, -0.2) is 4.79 Å². The first kappa shape index (κ1) is 14.1.